The van der Waals surface area contributed by atoms with Gasteiger partial charge in [0.1, 0.15) is 5.82 Å². The number of hydrogen-bond acceptors (Lipinski definition) is 5. The number of rotatable bonds is 5. The van der Waals surface area contributed by atoms with E-state index >= 15 is 0 Å². The first-order valence-corrected chi connectivity index (χ1v) is 10.4. The van der Waals surface area contributed by atoms with E-state index in [0.29, 0.717) is 45.0 Å². The molecule has 1 aliphatic heterocycles. The van der Waals surface area contributed by atoms with Crippen LogP contribution >= 0.6 is 0 Å². The van der Waals surface area contributed by atoms with Crippen LogP contribution in [-0.4, -0.2) is 62.6 Å². The number of aromatic nitrogens is 3. The summed E-state index contributed by atoms with van der Waals surface area (Å²) in [6.07, 6.45) is 1.52. The molecule has 31 heavy (non-hydrogen) atoms. The van der Waals surface area contributed by atoms with Gasteiger partial charge >= 0.3 is 0 Å². The van der Waals surface area contributed by atoms with Crippen LogP contribution in [-0.2, 0) is 20.1 Å². The first kappa shape index (κ1) is 20.6. The highest BCUT2D eigenvalue weighted by molar-refractivity contribution is 5.91. The highest BCUT2D eigenvalue weighted by atomic mass is 16.3. The molecule has 0 aliphatic carbocycles. The van der Waals surface area contributed by atoms with Crippen LogP contribution in [0.5, 0.6) is 0 Å². The summed E-state index contributed by atoms with van der Waals surface area (Å²) < 4.78 is 7.22. The van der Waals surface area contributed by atoms with Crippen molar-refractivity contribution in [3.8, 4) is 0 Å². The van der Waals surface area contributed by atoms with Crippen molar-refractivity contribution in [2.45, 2.75) is 20.0 Å². The van der Waals surface area contributed by atoms with Gasteiger partial charge in [-0.3, -0.25) is 4.79 Å². The third-order valence-electron chi connectivity index (χ3n) is 5.44. The first-order chi connectivity index (χ1) is 15.1. The van der Waals surface area contributed by atoms with E-state index in [9.17, 15) is 4.79 Å². The molecule has 0 unspecified atom stereocenters. The van der Waals surface area contributed by atoms with Gasteiger partial charge in [0.25, 0.3) is 5.91 Å². The van der Waals surface area contributed by atoms with Crippen molar-refractivity contribution in [3.63, 3.8) is 0 Å². The number of carbonyl (C=O) groups is 1. The molecule has 0 atom stereocenters. The Labute approximate surface area is 181 Å². The summed E-state index contributed by atoms with van der Waals surface area (Å²) in [7, 11) is 1.95. The number of piperazine rings is 1. The monoisotopic (exact) mass is 421 g/mol. The summed E-state index contributed by atoms with van der Waals surface area (Å²) in [6, 6.07) is 13.6. The minimum Gasteiger partial charge on any atom is -0.459 e. The fourth-order valence-corrected chi connectivity index (χ4v) is 3.46. The molecule has 0 spiro atoms. The third-order valence-corrected chi connectivity index (χ3v) is 5.44. The van der Waals surface area contributed by atoms with E-state index < -0.39 is 0 Å². The molecular formula is C22H27N7O2. The predicted molar refractivity (Wildman–Crippen MR) is 116 cm³/mol. The van der Waals surface area contributed by atoms with Crippen molar-refractivity contribution in [2.24, 2.45) is 12.0 Å². The Balaban J connectivity index is 1.43. The quantitative estimate of drug-likeness (QED) is 0.499. The molecule has 3 heterocycles. The molecule has 2 aromatic heterocycles. The number of benzene rings is 1. The zero-order chi connectivity index (χ0) is 21.6. The summed E-state index contributed by atoms with van der Waals surface area (Å²) >= 11 is 0. The van der Waals surface area contributed by atoms with Crippen molar-refractivity contribution in [2.75, 3.05) is 26.2 Å². The molecule has 0 saturated carbocycles. The van der Waals surface area contributed by atoms with Gasteiger partial charge in [-0.2, -0.15) is 0 Å². The second-order valence-electron chi connectivity index (χ2n) is 7.46. The van der Waals surface area contributed by atoms with E-state index in [2.05, 4.69) is 32.5 Å². The summed E-state index contributed by atoms with van der Waals surface area (Å²) in [5.74, 6) is 2.81. The Morgan fingerprint density at radius 2 is 1.81 bits per heavy atom. The van der Waals surface area contributed by atoms with Gasteiger partial charge in [-0.05, 0) is 24.6 Å². The van der Waals surface area contributed by atoms with Gasteiger partial charge in [0.2, 0.25) is 0 Å². The Bertz CT molecular complexity index is 1020. The largest absolute Gasteiger partial charge is 0.459 e. The molecule has 162 valence electrons. The number of furan rings is 1. The maximum atomic E-state index is 12.5. The normalized spacial score (nSPS) is 14.7. The van der Waals surface area contributed by atoms with Crippen LogP contribution in [0.4, 0.5) is 0 Å². The highest BCUT2D eigenvalue weighted by Crippen LogP contribution is 2.11. The van der Waals surface area contributed by atoms with Gasteiger partial charge in [0, 0.05) is 33.2 Å². The van der Waals surface area contributed by atoms with Crippen molar-refractivity contribution >= 4 is 11.9 Å². The van der Waals surface area contributed by atoms with Crippen LogP contribution in [0.2, 0.25) is 0 Å². The Morgan fingerprint density at radius 3 is 2.45 bits per heavy atom. The average Bonchev–Trinajstić information content (AvgIpc) is 3.45. The molecule has 1 N–H and O–H groups in total. The molecular weight excluding hydrogens is 394 g/mol. The zero-order valence-corrected chi connectivity index (χ0v) is 17.9. The average molecular weight is 422 g/mol. The molecule has 1 aromatic carbocycles. The number of amides is 1. The lowest BCUT2D eigenvalue weighted by Crippen LogP contribution is -2.53. The van der Waals surface area contributed by atoms with E-state index in [4.69, 9.17) is 9.41 Å². The highest BCUT2D eigenvalue weighted by Gasteiger charge is 2.25. The molecule has 4 rings (SSSR count). The van der Waals surface area contributed by atoms with Crippen molar-refractivity contribution in [1.82, 2.24) is 29.9 Å². The maximum Gasteiger partial charge on any atom is 0.289 e. The van der Waals surface area contributed by atoms with Gasteiger partial charge in [-0.1, -0.05) is 30.3 Å². The van der Waals surface area contributed by atoms with Gasteiger partial charge < -0.3 is 24.1 Å². The van der Waals surface area contributed by atoms with Crippen molar-refractivity contribution < 1.29 is 9.21 Å². The number of carbonyl (C=O) groups excluding carboxylic acids is 1. The second kappa shape index (κ2) is 9.46. The lowest BCUT2D eigenvalue weighted by molar-refractivity contribution is 0.0657. The summed E-state index contributed by atoms with van der Waals surface area (Å²) in [5.41, 5.74) is 1.14. The van der Waals surface area contributed by atoms with Gasteiger partial charge in [0.05, 0.1) is 19.4 Å². The molecule has 9 nitrogen and oxygen atoms in total. The Hall–Kier alpha value is -3.62. The number of guanidine groups is 1. The van der Waals surface area contributed by atoms with Crippen LogP contribution in [0, 0.1) is 6.92 Å². The number of hydrogen-bond donors (Lipinski definition) is 1. The zero-order valence-electron chi connectivity index (χ0n) is 17.9. The van der Waals surface area contributed by atoms with E-state index in [1.54, 1.807) is 12.1 Å². The third kappa shape index (κ3) is 4.93. The molecule has 3 aromatic rings. The summed E-state index contributed by atoms with van der Waals surface area (Å²) in [5, 5.41) is 11.8. The lowest BCUT2D eigenvalue weighted by Gasteiger charge is -2.36. The van der Waals surface area contributed by atoms with E-state index in [-0.39, 0.29) is 5.91 Å². The summed E-state index contributed by atoms with van der Waals surface area (Å²) in [4.78, 5) is 21.4. The topological polar surface area (TPSA) is 91.8 Å². The molecule has 1 fully saturated rings. The number of nitrogens with zero attached hydrogens (tertiary/aromatic N) is 6. The number of nitrogens with one attached hydrogen (secondary N) is 1. The van der Waals surface area contributed by atoms with E-state index in [0.717, 1.165) is 23.2 Å². The van der Waals surface area contributed by atoms with Crippen LogP contribution in [0.3, 0.4) is 0 Å². The molecule has 0 radical (unpaired) electrons. The minimum atomic E-state index is -0.0741. The van der Waals surface area contributed by atoms with Crippen LogP contribution in [0.1, 0.15) is 27.8 Å². The fourth-order valence-electron chi connectivity index (χ4n) is 3.46. The Kier molecular flexibility index (Phi) is 6.30. The van der Waals surface area contributed by atoms with Crippen LogP contribution < -0.4 is 5.32 Å². The van der Waals surface area contributed by atoms with E-state index in [1.807, 2.05) is 41.6 Å². The predicted octanol–water partition coefficient (Wildman–Crippen LogP) is 1.82. The van der Waals surface area contributed by atoms with Gasteiger partial charge in [-0.15, -0.1) is 10.2 Å². The molecule has 0 bridgehead atoms. The lowest BCUT2D eigenvalue weighted by atomic mass is 10.2. The van der Waals surface area contributed by atoms with Crippen LogP contribution in [0.25, 0.3) is 0 Å². The van der Waals surface area contributed by atoms with Crippen LogP contribution in [0.15, 0.2) is 58.1 Å². The molecule has 9 heteroatoms. The van der Waals surface area contributed by atoms with Crippen molar-refractivity contribution in [1.29, 1.82) is 0 Å². The minimum absolute atomic E-state index is 0.0741. The van der Waals surface area contributed by atoms with Gasteiger partial charge in [-0.25, -0.2) is 4.99 Å². The maximum absolute atomic E-state index is 12.5. The van der Waals surface area contributed by atoms with Crippen molar-refractivity contribution in [3.05, 3.63) is 71.7 Å². The first-order valence-electron chi connectivity index (χ1n) is 10.4. The number of aryl methyl sites for hydroxylation is 1. The molecule has 1 amide bonds. The second-order valence-corrected chi connectivity index (χ2v) is 7.46. The fraction of sp³-hybridized carbons (Fsp3) is 0.364. The smallest absolute Gasteiger partial charge is 0.289 e. The molecule has 1 saturated heterocycles. The number of aliphatic imine (C=N–C) groups is 1. The Morgan fingerprint density at radius 1 is 1.06 bits per heavy atom. The molecule has 1 aliphatic rings. The summed E-state index contributed by atoms with van der Waals surface area (Å²) in [6.45, 7) is 5.61. The van der Waals surface area contributed by atoms with E-state index in [1.165, 1.54) is 6.26 Å². The standard InChI is InChI=1S/C22H27N7O2/c1-17-25-26-20(27(17)2)16-24-22(23-15-18-7-4-3-5-8-18)29-12-10-28(11-13-29)21(30)19-9-6-14-31-19/h3-9,14H,10-13,15-16H2,1-2H3,(H,23,24). The SMILES string of the molecule is Cc1nnc(CNC(=NCc2ccccc2)N2CCN(C(=O)c3ccco3)CC2)n1C. The van der Waals surface area contributed by atoms with Gasteiger partial charge in [0.15, 0.2) is 17.5 Å².